The van der Waals surface area contributed by atoms with Gasteiger partial charge in [-0.25, -0.2) is 4.79 Å². The van der Waals surface area contributed by atoms with Crippen LogP contribution in [0, 0.1) is 5.92 Å². The SMILES string of the molecule is O=C(O)/C(=C/c1ccc(O)cc1)C(C(=O)O)C(=O)c1ccc(O)cc1. The van der Waals surface area contributed by atoms with Crippen LogP contribution >= 0.6 is 0 Å². The van der Waals surface area contributed by atoms with E-state index < -0.39 is 29.2 Å². The monoisotopic (exact) mass is 342 g/mol. The van der Waals surface area contributed by atoms with Gasteiger partial charge in [0.2, 0.25) is 0 Å². The van der Waals surface area contributed by atoms with E-state index in [1.54, 1.807) is 0 Å². The molecule has 1 unspecified atom stereocenters. The molecule has 2 aromatic carbocycles. The number of benzene rings is 2. The maximum absolute atomic E-state index is 12.5. The molecule has 1 atom stereocenters. The lowest BCUT2D eigenvalue weighted by Crippen LogP contribution is -2.29. The van der Waals surface area contributed by atoms with E-state index in [-0.39, 0.29) is 17.1 Å². The first-order valence-corrected chi connectivity index (χ1v) is 7.09. The second-order valence-corrected chi connectivity index (χ2v) is 5.18. The first-order valence-electron chi connectivity index (χ1n) is 7.09. The number of aromatic hydroxyl groups is 2. The average Bonchev–Trinajstić information content (AvgIpc) is 2.56. The zero-order valence-electron chi connectivity index (χ0n) is 12.8. The fourth-order valence-electron chi connectivity index (χ4n) is 2.20. The summed E-state index contributed by atoms with van der Waals surface area (Å²) in [7, 11) is 0. The van der Waals surface area contributed by atoms with Crippen molar-refractivity contribution in [1.29, 1.82) is 0 Å². The average molecular weight is 342 g/mol. The molecule has 7 heteroatoms. The van der Waals surface area contributed by atoms with Crippen LogP contribution < -0.4 is 0 Å². The van der Waals surface area contributed by atoms with Gasteiger partial charge in [0.05, 0.1) is 5.57 Å². The smallest absolute Gasteiger partial charge is 0.332 e. The molecule has 0 aliphatic rings. The molecule has 128 valence electrons. The highest BCUT2D eigenvalue weighted by atomic mass is 16.4. The van der Waals surface area contributed by atoms with Crippen LogP contribution in [0.5, 0.6) is 11.5 Å². The fraction of sp³-hybridized carbons (Fsp3) is 0.0556. The third-order valence-electron chi connectivity index (χ3n) is 3.43. The molecule has 0 aromatic heterocycles. The molecule has 0 spiro atoms. The normalized spacial score (nSPS) is 12.4. The summed E-state index contributed by atoms with van der Waals surface area (Å²) in [6.07, 6.45) is 1.07. The second kappa shape index (κ2) is 7.31. The zero-order chi connectivity index (χ0) is 18.6. The highest BCUT2D eigenvalue weighted by Crippen LogP contribution is 2.23. The molecular formula is C18H14O7. The van der Waals surface area contributed by atoms with E-state index in [0.29, 0.717) is 5.56 Å². The number of carboxylic acid groups (broad SMARTS) is 2. The number of carboxylic acids is 2. The maximum atomic E-state index is 12.5. The van der Waals surface area contributed by atoms with Crippen molar-refractivity contribution >= 4 is 23.8 Å². The summed E-state index contributed by atoms with van der Waals surface area (Å²) in [6.45, 7) is 0. The minimum atomic E-state index is -1.92. The Balaban J connectivity index is 2.48. The van der Waals surface area contributed by atoms with Gasteiger partial charge in [0, 0.05) is 5.56 Å². The molecule has 4 N–H and O–H groups in total. The highest BCUT2D eigenvalue weighted by Gasteiger charge is 2.34. The van der Waals surface area contributed by atoms with E-state index in [9.17, 15) is 34.8 Å². The fourth-order valence-corrected chi connectivity index (χ4v) is 2.20. The number of Topliss-reactive ketones (excluding diaryl/α,β-unsaturated/α-hetero) is 1. The van der Waals surface area contributed by atoms with Crippen molar-refractivity contribution in [2.24, 2.45) is 5.92 Å². The molecule has 0 aliphatic carbocycles. The minimum Gasteiger partial charge on any atom is -0.508 e. The maximum Gasteiger partial charge on any atom is 0.332 e. The Morgan fingerprint density at radius 2 is 1.28 bits per heavy atom. The number of carbonyl (C=O) groups excluding carboxylic acids is 1. The van der Waals surface area contributed by atoms with Gasteiger partial charge in [-0.15, -0.1) is 0 Å². The van der Waals surface area contributed by atoms with Crippen molar-refractivity contribution in [2.75, 3.05) is 0 Å². The molecule has 0 bridgehead atoms. The molecular weight excluding hydrogens is 328 g/mol. The number of rotatable bonds is 6. The first-order chi connectivity index (χ1) is 11.8. The van der Waals surface area contributed by atoms with Crippen molar-refractivity contribution in [3.8, 4) is 11.5 Å². The summed E-state index contributed by atoms with van der Waals surface area (Å²) in [6, 6.07) is 10.2. The van der Waals surface area contributed by atoms with Gasteiger partial charge in [-0.1, -0.05) is 12.1 Å². The van der Waals surface area contributed by atoms with Gasteiger partial charge >= 0.3 is 11.9 Å². The number of ketones is 1. The van der Waals surface area contributed by atoms with Crippen LogP contribution in [0.25, 0.3) is 6.08 Å². The van der Waals surface area contributed by atoms with Gasteiger partial charge in [0.25, 0.3) is 0 Å². The number of hydrogen-bond donors (Lipinski definition) is 4. The Labute approximate surface area is 142 Å². The Morgan fingerprint density at radius 1 is 0.800 bits per heavy atom. The largest absolute Gasteiger partial charge is 0.508 e. The summed E-state index contributed by atoms with van der Waals surface area (Å²) in [5, 5.41) is 37.3. The van der Waals surface area contributed by atoms with Gasteiger partial charge in [0.15, 0.2) is 11.7 Å². The van der Waals surface area contributed by atoms with Crippen LogP contribution in [-0.4, -0.2) is 38.1 Å². The standard InChI is InChI=1S/C18H14O7/c19-12-5-1-10(2-6-12)9-14(17(22)23)15(18(24)25)16(21)11-3-7-13(20)8-4-11/h1-9,15,19-20H,(H,22,23)(H,24,25)/b14-9+. The van der Waals surface area contributed by atoms with Crippen molar-refractivity contribution in [1.82, 2.24) is 0 Å². The van der Waals surface area contributed by atoms with Crippen LogP contribution in [0.3, 0.4) is 0 Å². The Bertz CT molecular complexity index is 833. The molecule has 0 heterocycles. The lowest BCUT2D eigenvalue weighted by Gasteiger charge is -2.13. The number of aliphatic carboxylic acids is 2. The second-order valence-electron chi connectivity index (χ2n) is 5.18. The highest BCUT2D eigenvalue weighted by molar-refractivity contribution is 6.16. The third kappa shape index (κ3) is 4.23. The lowest BCUT2D eigenvalue weighted by atomic mass is 9.89. The number of phenolic OH excluding ortho intramolecular Hbond substituents is 2. The predicted molar refractivity (Wildman–Crippen MR) is 87.3 cm³/mol. The molecule has 2 aromatic rings. The quantitative estimate of drug-likeness (QED) is 0.359. The van der Waals surface area contributed by atoms with E-state index in [0.717, 1.165) is 6.08 Å². The lowest BCUT2D eigenvalue weighted by molar-refractivity contribution is -0.142. The number of phenols is 2. The van der Waals surface area contributed by atoms with Crippen molar-refractivity contribution in [3.05, 3.63) is 65.2 Å². The van der Waals surface area contributed by atoms with Gasteiger partial charge in [-0.05, 0) is 48.0 Å². The number of carbonyl (C=O) groups is 3. The van der Waals surface area contributed by atoms with E-state index in [1.165, 1.54) is 48.5 Å². The molecule has 2 rings (SSSR count). The van der Waals surface area contributed by atoms with Gasteiger partial charge in [-0.2, -0.15) is 0 Å². The van der Waals surface area contributed by atoms with E-state index in [4.69, 9.17) is 0 Å². The number of hydrogen-bond acceptors (Lipinski definition) is 5. The summed E-state index contributed by atoms with van der Waals surface area (Å²) in [5.41, 5.74) is -0.334. The first kappa shape index (κ1) is 17.7. The van der Waals surface area contributed by atoms with Crippen molar-refractivity contribution < 1.29 is 34.8 Å². The molecule has 0 radical (unpaired) electrons. The zero-order valence-corrected chi connectivity index (χ0v) is 12.8. The Kier molecular flexibility index (Phi) is 5.18. The van der Waals surface area contributed by atoms with Crippen LogP contribution in [0.1, 0.15) is 15.9 Å². The summed E-state index contributed by atoms with van der Waals surface area (Å²) in [4.78, 5) is 35.6. The molecule has 0 aliphatic heterocycles. The van der Waals surface area contributed by atoms with Gasteiger partial charge in [-0.3, -0.25) is 9.59 Å². The minimum absolute atomic E-state index is 0.0380. The topological polar surface area (TPSA) is 132 Å². The Hall–Kier alpha value is -3.61. The summed E-state index contributed by atoms with van der Waals surface area (Å²) in [5.74, 6) is -6.14. The molecule has 0 saturated heterocycles. The molecule has 7 nitrogen and oxygen atoms in total. The van der Waals surface area contributed by atoms with Crippen LogP contribution in [0.4, 0.5) is 0 Å². The van der Waals surface area contributed by atoms with Gasteiger partial charge in [0.1, 0.15) is 11.5 Å². The van der Waals surface area contributed by atoms with E-state index in [1.807, 2.05) is 0 Å². The molecule has 0 amide bonds. The summed E-state index contributed by atoms with van der Waals surface area (Å²) < 4.78 is 0. The van der Waals surface area contributed by atoms with Crippen LogP contribution in [0.2, 0.25) is 0 Å². The van der Waals surface area contributed by atoms with E-state index in [2.05, 4.69) is 0 Å². The third-order valence-corrected chi connectivity index (χ3v) is 3.43. The van der Waals surface area contributed by atoms with Crippen LogP contribution in [0.15, 0.2) is 54.1 Å². The Morgan fingerprint density at radius 3 is 1.72 bits per heavy atom. The van der Waals surface area contributed by atoms with Crippen molar-refractivity contribution in [3.63, 3.8) is 0 Å². The summed E-state index contributed by atoms with van der Waals surface area (Å²) >= 11 is 0. The van der Waals surface area contributed by atoms with Crippen LogP contribution in [-0.2, 0) is 9.59 Å². The molecule has 0 saturated carbocycles. The molecule has 25 heavy (non-hydrogen) atoms. The van der Waals surface area contributed by atoms with Crippen molar-refractivity contribution in [2.45, 2.75) is 0 Å². The van der Waals surface area contributed by atoms with Gasteiger partial charge < -0.3 is 20.4 Å². The van der Waals surface area contributed by atoms with E-state index >= 15 is 0 Å². The predicted octanol–water partition coefficient (Wildman–Crippen LogP) is 2.15. The molecule has 0 fully saturated rings.